The number of aromatic nitrogens is 1. The minimum atomic E-state index is -0.925. The molecule has 0 aliphatic rings. The number of aromatic carboxylic acids is 1. The van der Waals surface area contributed by atoms with Gasteiger partial charge in [-0.15, -0.1) is 0 Å². The van der Waals surface area contributed by atoms with Crippen LogP contribution in [-0.2, 0) is 6.54 Å². The van der Waals surface area contributed by atoms with Gasteiger partial charge in [-0.05, 0) is 48.9 Å². The van der Waals surface area contributed by atoms with Crippen molar-refractivity contribution in [3.63, 3.8) is 0 Å². The molecular formula is C24H21NO3S. The number of carboxylic acid groups (broad SMARTS) is 1. The third kappa shape index (κ3) is 3.87. The van der Waals surface area contributed by atoms with E-state index < -0.39 is 5.97 Å². The molecule has 0 saturated heterocycles. The predicted molar refractivity (Wildman–Crippen MR) is 116 cm³/mol. The van der Waals surface area contributed by atoms with Gasteiger partial charge in [-0.2, -0.15) is 0 Å². The van der Waals surface area contributed by atoms with Gasteiger partial charge in [0.1, 0.15) is 11.4 Å². The van der Waals surface area contributed by atoms with Crippen LogP contribution in [0.15, 0.2) is 82.6 Å². The Balaban J connectivity index is 1.88. The number of benzene rings is 3. The van der Waals surface area contributed by atoms with Crippen molar-refractivity contribution in [2.75, 3.05) is 7.11 Å². The molecule has 1 N–H and O–H groups in total. The van der Waals surface area contributed by atoms with E-state index in [1.165, 1.54) is 11.8 Å². The summed E-state index contributed by atoms with van der Waals surface area (Å²) in [5.74, 6) is -0.147. The number of aryl methyl sites for hydroxylation is 1. The summed E-state index contributed by atoms with van der Waals surface area (Å²) in [7, 11) is 1.63. The molecule has 0 unspecified atom stereocenters. The Bertz CT molecular complexity index is 1160. The van der Waals surface area contributed by atoms with Gasteiger partial charge < -0.3 is 14.4 Å². The zero-order valence-electron chi connectivity index (χ0n) is 16.3. The summed E-state index contributed by atoms with van der Waals surface area (Å²) in [6, 6.07) is 23.7. The number of carbonyl (C=O) groups is 1. The highest BCUT2D eigenvalue weighted by Gasteiger charge is 2.23. The minimum Gasteiger partial charge on any atom is -0.497 e. The summed E-state index contributed by atoms with van der Waals surface area (Å²) in [6.07, 6.45) is 0. The van der Waals surface area contributed by atoms with Crippen molar-refractivity contribution < 1.29 is 14.6 Å². The Morgan fingerprint density at radius 1 is 1.03 bits per heavy atom. The van der Waals surface area contributed by atoms with Gasteiger partial charge in [0, 0.05) is 16.8 Å². The highest BCUT2D eigenvalue weighted by atomic mass is 32.2. The lowest BCUT2D eigenvalue weighted by atomic mass is 10.2. The first kappa shape index (κ1) is 19.2. The standard InChI is InChI=1S/C24H21NO3S/c1-16-8-13-21-20(14-16)23(29-19-6-4-3-5-7-19)22(24(26)27)25(21)15-17-9-11-18(28-2)12-10-17/h3-14H,15H2,1-2H3,(H,26,27). The van der Waals surface area contributed by atoms with Crippen molar-refractivity contribution in [2.24, 2.45) is 0 Å². The molecule has 4 rings (SSSR count). The molecule has 4 nitrogen and oxygen atoms in total. The van der Waals surface area contributed by atoms with Gasteiger partial charge >= 0.3 is 5.97 Å². The van der Waals surface area contributed by atoms with Crippen LogP contribution in [0.4, 0.5) is 0 Å². The zero-order chi connectivity index (χ0) is 20.4. The Labute approximate surface area is 173 Å². The molecule has 29 heavy (non-hydrogen) atoms. The second kappa shape index (κ2) is 8.05. The summed E-state index contributed by atoms with van der Waals surface area (Å²) < 4.78 is 7.12. The normalized spacial score (nSPS) is 11.0. The van der Waals surface area contributed by atoms with Gasteiger partial charge in [-0.25, -0.2) is 4.79 Å². The van der Waals surface area contributed by atoms with Gasteiger partial charge in [0.25, 0.3) is 0 Å². The van der Waals surface area contributed by atoms with Crippen LogP contribution in [0.1, 0.15) is 21.6 Å². The molecule has 0 spiro atoms. The molecule has 0 fully saturated rings. The fourth-order valence-electron chi connectivity index (χ4n) is 3.44. The summed E-state index contributed by atoms with van der Waals surface area (Å²) in [6.45, 7) is 2.50. The van der Waals surface area contributed by atoms with E-state index in [4.69, 9.17) is 4.74 Å². The van der Waals surface area contributed by atoms with Crippen LogP contribution in [0, 0.1) is 6.92 Å². The molecule has 5 heteroatoms. The van der Waals surface area contributed by atoms with Crippen molar-refractivity contribution >= 4 is 28.6 Å². The molecule has 1 aromatic heterocycles. The molecule has 0 aliphatic carbocycles. The Kier molecular flexibility index (Phi) is 5.32. The van der Waals surface area contributed by atoms with E-state index in [2.05, 4.69) is 6.07 Å². The fraction of sp³-hybridized carbons (Fsp3) is 0.125. The number of methoxy groups -OCH3 is 1. The number of nitrogens with zero attached hydrogens (tertiary/aromatic N) is 1. The van der Waals surface area contributed by atoms with Crippen molar-refractivity contribution in [1.82, 2.24) is 4.57 Å². The Morgan fingerprint density at radius 2 is 1.76 bits per heavy atom. The lowest BCUT2D eigenvalue weighted by Gasteiger charge is -2.10. The Hall–Kier alpha value is -3.18. The number of carboxylic acids is 1. The van der Waals surface area contributed by atoms with Crippen LogP contribution in [0.2, 0.25) is 0 Å². The summed E-state index contributed by atoms with van der Waals surface area (Å²) in [5.41, 5.74) is 3.35. The molecule has 0 amide bonds. The average molecular weight is 404 g/mol. The number of ether oxygens (including phenoxy) is 1. The van der Waals surface area contributed by atoms with E-state index >= 15 is 0 Å². The molecule has 0 bridgehead atoms. The number of rotatable bonds is 6. The van der Waals surface area contributed by atoms with Gasteiger partial charge in [-0.1, -0.05) is 53.7 Å². The zero-order valence-corrected chi connectivity index (χ0v) is 17.1. The monoisotopic (exact) mass is 403 g/mol. The van der Waals surface area contributed by atoms with Crippen LogP contribution < -0.4 is 4.74 Å². The van der Waals surface area contributed by atoms with Crippen molar-refractivity contribution in [3.05, 3.63) is 89.6 Å². The van der Waals surface area contributed by atoms with Crippen LogP contribution in [-0.4, -0.2) is 22.8 Å². The Morgan fingerprint density at radius 3 is 2.41 bits per heavy atom. The molecule has 4 aromatic rings. The van der Waals surface area contributed by atoms with Gasteiger partial charge in [0.05, 0.1) is 17.5 Å². The average Bonchev–Trinajstić information content (AvgIpc) is 3.02. The highest BCUT2D eigenvalue weighted by molar-refractivity contribution is 7.99. The van der Waals surface area contributed by atoms with Crippen LogP contribution >= 0.6 is 11.8 Å². The maximum Gasteiger partial charge on any atom is 0.353 e. The smallest absolute Gasteiger partial charge is 0.353 e. The molecule has 0 atom stereocenters. The maximum atomic E-state index is 12.3. The van der Waals surface area contributed by atoms with Gasteiger partial charge in [-0.3, -0.25) is 0 Å². The lowest BCUT2D eigenvalue weighted by Crippen LogP contribution is -2.10. The number of hydrogen-bond acceptors (Lipinski definition) is 3. The van der Waals surface area contributed by atoms with E-state index in [-0.39, 0.29) is 0 Å². The highest BCUT2D eigenvalue weighted by Crippen LogP contribution is 2.39. The second-order valence-electron chi connectivity index (χ2n) is 6.85. The van der Waals surface area contributed by atoms with E-state index in [9.17, 15) is 9.90 Å². The lowest BCUT2D eigenvalue weighted by molar-refractivity contribution is 0.0682. The number of fused-ring (bicyclic) bond motifs is 1. The van der Waals surface area contributed by atoms with Crippen LogP contribution in [0.5, 0.6) is 5.75 Å². The first-order valence-electron chi connectivity index (χ1n) is 9.29. The molecule has 0 radical (unpaired) electrons. The van der Waals surface area contributed by atoms with Crippen LogP contribution in [0.3, 0.4) is 0 Å². The predicted octanol–water partition coefficient (Wildman–Crippen LogP) is 5.86. The first-order chi connectivity index (χ1) is 14.1. The minimum absolute atomic E-state index is 0.315. The molecule has 1 heterocycles. The molecule has 3 aromatic carbocycles. The van der Waals surface area contributed by atoms with E-state index in [0.717, 1.165) is 37.6 Å². The van der Waals surface area contributed by atoms with E-state index in [0.29, 0.717) is 12.2 Å². The maximum absolute atomic E-state index is 12.3. The fourth-order valence-corrected chi connectivity index (χ4v) is 4.53. The van der Waals surface area contributed by atoms with Crippen molar-refractivity contribution in [2.45, 2.75) is 23.3 Å². The second-order valence-corrected chi connectivity index (χ2v) is 7.94. The molecular weight excluding hydrogens is 382 g/mol. The molecule has 0 saturated carbocycles. The summed E-state index contributed by atoms with van der Waals surface area (Å²) in [4.78, 5) is 14.1. The summed E-state index contributed by atoms with van der Waals surface area (Å²) in [5, 5.41) is 11.1. The third-order valence-electron chi connectivity index (χ3n) is 4.84. The van der Waals surface area contributed by atoms with E-state index in [1.54, 1.807) is 7.11 Å². The largest absolute Gasteiger partial charge is 0.497 e. The molecule has 0 aliphatic heterocycles. The summed E-state index contributed by atoms with van der Waals surface area (Å²) >= 11 is 1.50. The van der Waals surface area contributed by atoms with Crippen LogP contribution in [0.25, 0.3) is 10.9 Å². The van der Waals surface area contributed by atoms with Crippen molar-refractivity contribution in [1.29, 1.82) is 0 Å². The van der Waals surface area contributed by atoms with Gasteiger partial charge in [0.2, 0.25) is 0 Å². The van der Waals surface area contributed by atoms with Crippen molar-refractivity contribution in [3.8, 4) is 5.75 Å². The van der Waals surface area contributed by atoms with E-state index in [1.807, 2.05) is 78.2 Å². The third-order valence-corrected chi connectivity index (χ3v) is 5.96. The quantitative estimate of drug-likeness (QED) is 0.438. The number of hydrogen-bond donors (Lipinski definition) is 1. The molecule has 146 valence electrons. The topological polar surface area (TPSA) is 51.5 Å². The SMILES string of the molecule is COc1ccc(Cn2c(C(=O)O)c(Sc3ccccc3)c3cc(C)ccc32)cc1. The van der Waals surface area contributed by atoms with Gasteiger partial charge in [0.15, 0.2) is 0 Å². The first-order valence-corrected chi connectivity index (χ1v) is 10.1.